The summed E-state index contributed by atoms with van der Waals surface area (Å²) in [5.41, 5.74) is 0.185. The Bertz CT molecular complexity index is 889. The van der Waals surface area contributed by atoms with Crippen LogP contribution in [-0.2, 0) is 16.4 Å². The third-order valence-electron chi connectivity index (χ3n) is 5.01. The highest BCUT2D eigenvalue weighted by Gasteiger charge is 2.37. The van der Waals surface area contributed by atoms with Gasteiger partial charge in [-0.2, -0.15) is 4.31 Å². The molecular formula is C19H21NO5S. The number of ether oxygens (including phenoxy) is 2. The van der Waals surface area contributed by atoms with E-state index in [0.717, 1.165) is 5.56 Å². The molecule has 0 amide bonds. The smallest absolute Gasteiger partial charge is 0.243 e. The van der Waals surface area contributed by atoms with Crippen LogP contribution in [0.25, 0.3) is 0 Å². The van der Waals surface area contributed by atoms with Crippen molar-refractivity contribution in [2.45, 2.75) is 29.8 Å². The van der Waals surface area contributed by atoms with Gasteiger partial charge in [0.1, 0.15) is 0 Å². The van der Waals surface area contributed by atoms with Crippen LogP contribution in [0.15, 0.2) is 53.4 Å². The van der Waals surface area contributed by atoms with Crippen LogP contribution in [0.5, 0.6) is 11.5 Å². The maximum absolute atomic E-state index is 12.9. The lowest BCUT2D eigenvalue weighted by molar-refractivity contribution is -0.00441. The van der Waals surface area contributed by atoms with Crippen molar-refractivity contribution in [2.24, 2.45) is 0 Å². The Kier molecular flexibility index (Phi) is 4.38. The Morgan fingerprint density at radius 2 is 1.69 bits per heavy atom. The van der Waals surface area contributed by atoms with E-state index < -0.39 is 15.6 Å². The largest absolute Gasteiger partial charge is 0.454 e. The van der Waals surface area contributed by atoms with Gasteiger partial charge in [-0.05, 0) is 30.5 Å². The molecule has 7 heteroatoms. The fourth-order valence-electron chi connectivity index (χ4n) is 3.48. The topological polar surface area (TPSA) is 76.1 Å². The predicted molar refractivity (Wildman–Crippen MR) is 95.7 cm³/mol. The van der Waals surface area contributed by atoms with Crippen molar-refractivity contribution < 1.29 is 23.0 Å². The quantitative estimate of drug-likeness (QED) is 0.886. The monoisotopic (exact) mass is 375 g/mol. The maximum Gasteiger partial charge on any atom is 0.243 e. The van der Waals surface area contributed by atoms with Crippen LogP contribution in [0.3, 0.4) is 0 Å². The van der Waals surface area contributed by atoms with Crippen molar-refractivity contribution in [1.29, 1.82) is 0 Å². The van der Waals surface area contributed by atoms with E-state index in [4.69, 9.17) is 9.47 Å². The van der Waals surface area contributed by atoms with Crippen LogP contribution in [0.2, 0.25) is 0 Å². The Morgan fingerprint density at radius 3 is 2.42 bits per heavy atom. The molecule has 0 radical (unpaired) electrons. The molecule has 2 aromatic rings. The highest BCUT2D eigenvalue weighted by Crippen LogP contribution is 2.36. The van der Waals surface area contributed by atoms with Crippen LogP contribution < -0.4 is 9.47 Å². The zero-order valence-corrected chi connectivity index (χ0v) is 15.1. The van der Waals surface area contributed by atoms with Crippen LogP contribution in [0, 0.1) is 0 Å². The Balaban J connectivity index is 1.47. The van der Waals surface area contributed by atoms with E-state index in [-0.39, 0.29) is 11.7 Å². The fraction of sp³-hybridized carbons (Fsp3) is 0.368. The summed E-state index contributed by atoms with van der Waals surface area (Å²) in [4.78, 5) is 0.190. The van der Waals surface area contributed by atoms with Crippen LogP contribution >= 0.6 is 0 Å². The molecule has 0 atom stereocenters. The van der Waals surface area contributed by atoms with Gasteiger partial charge in [-0.25, -0.2) is 8.42 Å². The summed E-state index contributed by atoms with van der Waals surface area (Å²) in [6, 6.07) is 14.4. The van der Waals surface area contributed by atoms with Gasteiger partial charge in [0.25, 0.3) is 0 Å². The summed E-state index contributed by atoms with van der Waals surface area (Å²) in [7, 11) is -3.62. The van der Waals surface area contributed by atoms with Crippen molar-refractivity contribution in [3.63, 3.8) is 0 Å². The SMILES string of the molecule is O=S(=O)(c1ccc2c(c1)OCO2)N1CCC(O)(Cc2ccccc2)CC1. The number of rotatable bonds is 4. The molecule has 0 bridgehead atoms. The number of hydrogen-bond acceptors (Lipinski definition) is 5. The lowest BCUT2D eigenvalue weighted by Gasteiger charge is -2.37. The molecule has 0 saturated carbocycles. The van der Waals surface area contributed by atoms with Crippen molar-refractivity contribution in [2.75, 3.05) is 19.9 Å². The molecular weight excluding hydrogens is 354 g/mol. The molecule has 2 aliphatic heterocycles. The lowest BCUT2D eigenvalue weighted by Crippen LogP contribution is -2.47. The highest BCUT2D eigenvalue weighted by atomic mass is 32.2. The molecule has 0 unspecified atom stereocenters. The van der Waals surface area contributed by atoms with E-state index in [1.807, 2.05) is 30.3 Å². The number of nitrogens with zero attached hydrogens (tertiary/aromatic N) is 1. The molecule has 2 aromatic carbocycles. The molecule has 1 N–H and O–H groups in total. The average Bonchev–Trinajstić information content (AvgIpc) is 3.10. The van der Waals surface area contributed by atoms with Gasteiger partial charge in [-0.3, -0.25) is 0 Å². The van der Waals surface area contributed by atoms with Gasteiger partial charge in [0.15, 0.2) is 11.5 Å². The lowest BCUT2D eigenvalue weighted by atomic mass is 9.86. The first kappa shape index (κ1) is 17.3. The highest BCUT2D eigenvalue weighted by molar-refractivity contribution is 7.89. The maximum atomic E-state index is 12.9. The number of fused-ring (bicyclic) bond motifs is 1. The van der Waals surface area contributed by atoms with Gasteiger partial charge in [-0.1, -0.05) is 30.3 Å². The summed E-state index contributed by atoms with van der Waals surface area (Å²) >= 11 is 0. The number of hydrogen-bond donors (Lipinski definition) is 1. The van der Waals surface area contributed by atoms with Crippen molar-refractivity contribution >= 4 is 10.0 Å². The second-order valence-corrected chi connectivity index (χ2v) is 8.74. The van der Waals surface area contributed by atoms with Crippen LogP contribution in [0.1, 0.15) is 18.4 Å². The second kappa shape index (κ2) is 6.57. The summed E-state index contributed by atoms with van der Waals surface area (Å²) in [5, 5.41) is 10.8. The predicted octanol–water partition coefficient (Wildman–Crippen LogP) is 2.17. The summed E-state index contributed by atoms with van der Waals surface area (Å²) in [6.45, 7) is 0.690. The summed E-state index contributed by atoms with van der Waals surface area (Å²) < 4.78 is 37.8. The third kappa shape index (κ3) is 3.30. The minimum atomic E-state index is -3.62. The Morgan fingerprint density at radius 1 is 1.00 bits per heavy atom. The molecule has 2 heterocycles. The first-order valence-electron chi connectivity index (χ1n) is 8.62. The number of aliphatic hydroxyl groups is 1. The second-order valence-electron chi connectivity index (χ2n) is 6.81. The number of sulfonamides is 1. The van der Waals surface area contributed by atoms with Gasteiger partial charge in [0, 0.05) is 25.6 Å². The van der Waals surface area contributed by atoms with Crippen molar-refractivity contribution in [3.05, 3.63) is 54.1 Å². The van der Waals surface area contributed by atoms with E-state index >= 15 is 0 Å². The third-order valence-corrected chi connectivity index (χ3v) is 6.91. The molecule has 0 aromatic heterocycles. The van der Waals surface area contributed by atoms with Gasteiger partial charge >= 0.3 is 0 Å². The minimum absolute atomic E-state index is 0.106. The molecule has 26 heavy (non-hydrogen) atoms. The van der Waals surface area contributed by atoms with Crippen LogP contribution in [0.4, 0.5) is 0 Å². The fourth-order valence-corrected chi connectivity index (χ4v) is 4.94. The van der Waals surface area contributed by atoms with Gasteiger partial charge in [0.05, 0.1) is 10.5 Å². The molecule has 2 aliphatic rings. The zero-order valence-electron chi connectivity index (χ0n) is 14.3. The number of benzene rings is 2. The molecule has 6 nitrogen and oxygen atoms in total. The van der Waals surface area contributed by atoms with Crippen molar-refractivity contribution in [1.82, 2.24) is 4.31 Å². The van der Waals surface area contributed by atoms with Gasteiger partial charge in [0.2, 0.25) is 16.8 Å². The van der Waals surface area contributed by atoms with Crippen molar-refractivity contribution in [3.8, 4) is 11.5 Å². The van der Waals surface area contributed by atoms with E-state index in [9.17, 15) is 13.5 Å². The molecule has 1 fully saturated rings. The van der Waals surface area contributed by atoms with E-state index in [2.05, 4.69) is 0 Å². The first-order chi connectivity index (χ1) is 12.5. The van der Waals surface area contributed by atoms with E-state index in [0.29, 0.717) is 43.9 Å². The van der Waals surface area contributed by atoms with E-state index in [1.165, 1.54) is 16.4 Å². The molecule has 1 saturated heterocycles. The standard InChI is InChI=1S/C19H21NO5S/c21-19(13-15-4-2-1-3-5-15)8-10-20(11-9-19)26(22,23)16-6-7-17-18(12-16)25-14-24-17/h1-7,12,21H,8-11,13-14H2. The Hall–Kier alpha value is -2.09. The Labute approximate surface area is 153 Å². The van der Waals surface area contributed by atoms with E-state index in [1.54, 1.807) is 6.07 Å². The summed E-state index contributed by atoms with van der Waals surface area (Å²) in [5.74, 6) is 1.00. The molecule has 4 rings (SSSR count). The average molecular weight is 375 g/mol. The van der Waals surface area contributed by atoms with Gasteiger partial charge < -0.3 is 14.6 Å². The summed E-state index contributed by atoms with van der Waals surface area (Å²) in [6.07, 6.45) is 1.35. The molecule has 138 valence electrons. The minimum Gasteiger partial charge on any atom is -0.454 e. The first-order valence-corrected chi connectivity index (χ1v) is 10.1. The molecule has 0 spiro atoms. The zero-order chi connectivity index (χ0) is 18.2. The normalized spacial score (nSPS) is 19.4. The number of piperidine rings is 1. The molecule has 0 aliphatic carbocycles. The van der Waals surface area contributed by atoms with Crippen LogP contribution in [-0.4, -0.2) is 43.3 Å². The van der Waals surface area contributed by atoms with Gasteiger partial charge in [-0.15, -0.1) is 0 Å².